The Morgan fingerprint density at radius 1 is 1.04 bits per heavy atom. The summed E-state index contributed by atoms with van der Waals surface area (Å²) >= 11 is 0. The van der Waals surface area contributed by atoms with Gasteiger partial charge in [0.1, 0.15) is 0 Å². The first-order chi connectivity index (χ1) is 12.5. The molecule has 1 heterocycles. The highest BCUT2D eigenvalue weighted by atomic mass is 14.7. The largest absolute Gasteiger partial charge is 0.327 e. The van der Waals surface area contributed by atoms with Gasteiger partial charge >= 0.3 is 0 Å². The van der Waals surface area contributed by atoms with Crippen LogP contribution in [0.3, 0.4) is 0 Å². The highest BCUT2D eigenvalue weighted by Crippen LogP contribution is 2.66. The van der Waals surface area contributed by atoms with Crippen molar-refractivity contribution in [1.29, 1.82) is 0 Å². The fraction of sp³-hybridized carbons (Fsp3) is 0.625. The third-order valence-electron chi connectivity index (χ3n) is 8.70. The maximum atomic E-state index is 6.30. The zero-order valence-electron chi connectivity index (χ0n) is 16.2. The smallest absolute Gasteiger partial charge is 0.0343 e. The summed E-state index contributed by atoms with van der Waals surface area (Å²) in [6.45, 7) is 5.10. The standard InChI is InChI=1S/C24H32N2/c1-23-11-9-18(25)14-17(23)5-6-19-21-8-7-20(16-4-3-13-26-15-16)24(21,2)12-10-22(19)23/h3-5,7,13,15,18-19,21-22H,6,8-12,14,25H2,1-2H3/t18-,19?,21?,22?,23-,24+/m0/s1. The predicted octanol–water partition coefficient (Wildman–Crippen LogP) is 5.37. The Morgan fingerprint density at radius 2 is 1.88 bits per heavy atom. The van der Waals surface area contributed by atoms with Gasteiger partial charge in [0, 0.05) is 18.4 Å². The van der Waals surface area contributed by atoms with E-state index in [-0.39, 0.29) is 0 Å². The summed E-state index contributed by atoms with van der Waals surface area (Å²) in [4.78, 5) is 4.39. The number of hydrogen-bond acceptors (Lipinski definition) is 2. The van der Waals surface area contributed by atoms with Gasteiger partial charge in [-0.2, -0.15) is 0 Å². The average Bonchev–Trinajstić information content (AvgIpc) is 3.00. The molecule has 2 nitrogen and oxygen atoms in total. The average molecular weight is 349 g/mol. The van der Waals surface area contributed by atoms with Gasteiger partial charge in [-0.1, -0.05) is 37.6 Å². The second-order valence-electron chi connectivity index (χ2n) is 9.81. The number of aromatic nitrogens is 1. The van der Waals surface area contributed by atoms with Crippen molar-refractivity contribution in [2.24, 2.45) is 34.3 Å². The molecule has 6 atom stereocenters. The van der Waals surface area contributed by atoms with Crippen LogP contribution >= 0.6 is 0 Å². The first-order valence-corrected chi connectivity index (χ1v) is 10.6. The molecule has 5 rings (SSSR count). The molecule has 0 spiro atoms. The molecule has 0 aromatic carbocycles. The number of nitrogens with zero attached hydrogens (tertiary/aromatic N) is 1. The lowest BCUT2D eigenvalue weighted by Gasteiger charge is -2.57. The fourth-order valence-electron chi connectivity index (χ4n) is 7.23. The van der Waals surface area contributed by atoms with Gasteiger partial charge in [-0.25, -0.2) is 0 Å². The molecule has 1 aromatic rings. The van der Waals surface area contributed by atoms with Gasteiger partial charge in [-0.15, -0.1) is 0 Å². The Morgan fingerprint density at radius 3 is 2.69 bits per heavy atom. The fourth-order valence-corrected chi connectivity index (χ4v) is 7.23. The molecule has 2 heteroatoms. The second-order valence-corrected chi connectivity index (χ2v) is 9.81. The lowest BCUT2D eigenvalue weighted by Crippen LogP contribution is -2.50. The van der Waals surface area contributed by atoms with Gasteiger partial charge < -0.3 is 5.73 Å². The Hall–Kier alpha value is -1.41. The van der Waals surface area contributed by atoms with Gasteiger partial charge in [0.25, 0.3) is 0 Å². The van der Waals surface area contributed by atoms with E-state index in [2.05, 4.69) is 49.3 Å². The zero-order valence-corrected chi connectivity index (χ0v) is 16.2. The summed E-state index contributed by atoms with van der Waals surface area (Å²) in [5.41, 5.74) is 11.7. The second kappa shape index (κ2) is 5.79. The van der Waals surface area contributed by atoms with Crippen LogP contribution in [0.5, 0.6) is 0 Å². The highest BCUT2D eigenvalue weighted by Gasteiger charge is 2.56. The summed E-state index contributed by atoms with van der Waals surface area (Å²) in [5.74, 6) is 2.48. The molecule has 138 valence electrons. The minimum Gasteiger partial charge on any atom is -0.327 e. The van der Waals surface area contributed by atoms with Crippen molar-refractivity contribution in [2.75, 3.05) is 0 Å². The van der Waals surface area contributed by atoms with Crippen LogP contribution in [-0.4, -0.2) is 11.0 Å². The van der Waals surface area contributed by atoms with Gasteiger partial charge in [0.2, 0.25) is 0 Å². The normalized spacial score (nSPS) is 44.4. The first-order valence-electron chi connectivity index (χ1n) is 10.6. The highest BCUT2D eigenvalue weighted by molar-refractivity contribution is 5.72. The van der Waals surface area contributed by atoms with E-state index in [0.717, 1.165) is 24.2 Å². The van der Waals surface area contributed by atoms with Crippen molar-refractivity contribution in [2.45, 2.75) is 64.8 Å². The molecule has 4 aliphatic carbocycles. The summed E-state index contributed by atoms with van der Waals surface area (Å²) in [6, 6.07) is 4.73. The molecule has 2 N–H and O–H groups in total. The van der Waals surface area contributed by atoms with Crippen molar-refractivity contribution in [1.82, 2.24) is 4.98 Å². The van der Waals surface area contributed by atoms with E-state index >= 15 is 0 Å². The van der Waals surface area contributed by atoms with Crippen molar-refractivity contribution in [3.63, 3.8) is 0 Å². The quantitative estimate of drug-likeness (QED) is 0.693. The molecule has 0 bridgehead atoms. The topological polar surface area (TPSA) is 38.9 Å². The van der Waals surface area contributed by atoms with Gasteiger partial charge in [-0.3, -0.25) is 4.98 Å². The Balaban J connectivity index is 1.48. The Bertz CT molecular complexity index is 764. The van der Waals surface area contributed by atoms with Gasteiger partial charge in [0.05, 0.1) is 0 Å². The van der Waals surface area contributed by atoms with E-state index in [0.29, 0.717) is 16.9 Å². The molecular weight excluding hydrogens is 316 g/mol. The first kappa shape index (κ1) is 16.7. The molecule has 4 aliphatic rings. The predicted molar refractivity (Wildman–Crippen MR) is 107 cm³/mol. The number of allylic oxidation sites excluding steroid dienone is 3. The van der Waals surface area contributed by atoms with Gasteiger partial charge in [-0.05, 0) is 90.7 Å². The maximum absolute atomic E-state index is 6.30. The molecule has 0 aliphatic heterocycles. The van der Waals surface area contributed by atoms with E-state index < -0.39 is 0 Å². The van der Waals surface area contributed by atoms with E-state index in [9.17, 15) is 0 Å². The molecule has 1 aromatic heterocycles. The number of fused-ring (bicyclic) bond motifs is 5. The minimum atomic E-state index is 0.330. The monoisotopic (exact) mass is 348 g/mol. The lowest BCUT2D eigenvalue weighted by atomic mass is 9.47. The van der Waals surface area contributed by atoms with E-state index in [1.807, 2.05) is 6.20 Å². The van der Waals surface area contributed by atoms with Crippen molar-refractivity contribution < 1.29 is 0 Å². The van der Waals surface area contributed by atoms with Crippen LogP contribution < -0.4 is 5.73 Å². The van der Waals surface area contributed by atoms with E-state index in [1.54, 1.807) is 11.1 Å². The number of hydrogen-bond donors (Lipinski definition) is 1. The summed E-state index contributed by atoms with van der Waals surface area (Å²) in [6.07, 6.45) is 18.0. The summed E-state index contributed by atoms with van der Waals surface area (Å²) < 4.78 is 0. The van der Waals surface area contributed by atoms with Crippen LogP contribution in [0.2, 0.25) is 0 Å². The van der Waals surface area contributed by atoms with Crippen LogP contribution in [0.15, 0.2) is 42.3 Å². The SMILES string of the molecule is C[C@]12CC[C@H](N)CC1=CCC1C2CC[C@]2(C)C(c3cccnc3)=CCC12. The molecule has 0 radical (unpaired) electrons. The van der Waals surface area contributed by atoms with Crippen LogP contribution in [-0.2, 0) is 0 Å². The molecular formula is C24H32N2. The van der Waals surface area contributed by atoms with Crippen molar-refractivity contribution in [3.05, 3.63) is 47.8 Å². The van der Waals surface area contributed by atoms with Gasteiger partial charge in [0.15, 0.2) is 0 Å². The van der Waals surface area contributed by atoms with Crippen molar-refractivity contribution in [3.8, 4) is 0 Å². The molecule has 0 saturated heterocycles. The van der Waals surface area contributed by atoms with E-state index in [4.69, 9.17) is 5.73 Å². The number of pyridine rings is 1. The molecule has 2 saturated carbocycles. The van der Waals surface area contributed by atoms with Crippen LogP contribution in [0.1, 0.15) is 64.4 Å². The maximum Gasteiger partial charge on any atom is 0.0343 e. The molecule has 2 fully saturated rings. The Labute approximate surface area is 158 Å². The van der Waals surface area contributed by atoms with E-state index in [1.165, 1.54) is 44.1 Å². The molecule has 0 amide bonds. The summed E-state index contributed by atoms with van der Waals surface area (Å²) in [5, 5.41) is 0. The Kier molecular flexibility index (Phi) is 3.73. The third-order valence-corrected chi connectivity index (χ3v) is 8.70. The number of nitrogens with two attached hydrogens (primary N) is 1. The third kappa shape index (κ3) is 2.24. The van der Waals surface area contributed by atoms with Crippen LogP contribution in [0.25, 0.3) is 5.57 Å². The molecule has 26 heavy (non-hydrogen) atoms. The number of rotatable bonds is 1. The van der Waals surface area contributed by atoms with Crippen LogP contribution in [0, 0.1) is 28.6 Å². The minimum absolute atomic E-state index is 0.330. The summed E-state index contributed by atoms with van der Waals surface area (Å²) in [7, 11) is 0. The zero-order chi connectivity index (χ0) is 17.9. The molecule has 3 unspecified atom stereocenters. The van der Waals surface area contributed by atoms with Crippen molar-refractivity contribution >= 4 is 5.57 Å². The van der Waals surface area contributed by atoms with Crippen LogP contribution in [0.4, 0.5) is 0 Å². The lowest BCUT2D eigenvalue weighted by molar-refractivity contribution is -0.0113.